The number of benzene rings is 1. The van der Waals surface area contributed by atoms with Crippen molar-refractivity contribution >= 4 is 23.5 Å². The van der Waals surface area contributed by atoms with Crippen LogP contribution < -0.4 is 5.32 Å². The van der Waals surface area contributed by atoms with Crippen LogP contribution in [0.15, 0.2) is 36.5 Å². The number of halogens is 1. The SMILES string of the molecule is O=C(Cc1c(-c2cccc(Cl)c2)ccnc1O)OC(=O)[C@@H]1CCCN1. The zero-order valence-corrected chi connectivity index (χ0v) is 14.1. The summed E-state index contributed by atoms with van der Waals surface area (Å²) in [5, 5.41) is 13.6. The molecular weight excluding hydrogens is 344 g/mol. The smallest absolute Gasteiger partial charge is 0.330 e. The summed E-state index contributed by atoms with van der Waals surface area (Å²) < 4.78 is 4.90. The van der Waals surface area contributed by atoms with Crippen LogP contribution in [-0.2, 0) is 20.7 Å². The number of aromatic hydroxyl groups is 1. The normalized spacial score (nSPS) is 16.6. The number of nitrogens with zero attached hydrogens (tertiary/aromatic N) is 1. The fourth-order valence-corrected chi connectivity index (χ4v) is 3.02. The van der Waals surface area contributed by atoms with E-state index in [9.17, 15) is 14.7 Å². The Morgan fingerprint density at radius 1 is 1.36 bits per heavy atom. The van der Waals surface area contributed by atoms with Gasteiger partial charge >= 0.3 is 11.9 Å². The van der Waals surface area contributed by atoms with E-state index in [0.29, 0.717) is 22.6 Å². The lowest BCUT2D eigenvalue weighted by molar-refractivity contribution is -0.160. The number of carbonyl (C=O) groups is 2. The molecule has 1 aromatic carbocycles. The highest BCUT2D eigenvalue weighted by Crippen LogP contribution is 2.30. The molecule has 1 fully saturated rings. The van der Waals surface area contributed by atoms with Crippen LogP contribution in [0.25, 0.3) is 11.1 Å². The van der Waals surface area contributed by atoms with Crippen LogP contribution in [0.1, 0.15) is 18.4 Å². The number of ether oxygens (including phenoxy) is 1. The Kier molecular flexibility index (Phi) is 5.31. The third-order valence-electron chi connectivity index (χ3n) is 4.05. The second kappa shape index (κ2) is 7.63. The van der Waals surface area contributed by atoms with E-state index in [1.165, 1.54) is 6.20 Å². The summed E-state index contributed by atoms with van der Waals surface area (Å²) in [7, 11) is 0. The molecule has 2 aromatic rings. The van der Waals surface area contributed by atoms with Crippen molar-refractivity contribution in [3.8, 4) is 17.0 Å². The molecule has 25 heavy (non-hydrogen) atoms. The van der Waals surface area contributed by atoms with Crippen LogP contribution in [0.2, 0.25) is 5.02 Å². The second-order valence-corrected chi connectivity index (χ2v) is 6.23. The molecule has 130 valence electrons. The first-order valence-electron chi connectivity index (χ1n) is 7.95. The van der Waals surface area contributed by atoms with Crippen molar-refractivity contribution < 1.29 is 19.4 Å². The first-order chi connectivity index (χ1) is 12.0. The van der Waals surface area contributed by atoms with Gasteiger partial charge in [0.15, 0.2) is 0 Å². The van der Waals surface area contributed by atoms with Crippen LogP contribution in [0.4, 0.5) is 0 Å². The van der Waals surface area contributed by atoms with Gasteiger partial charge in [-0.1, -0.05) is 23.7 Å². The van der Waals surface area contributed by atoms with Crippen molar-refractivity contribution in [2.75, 3.05) is 6.54 Å². The predicted octanol–water partition coefficient (Wildman–Crippen LogP) is 2.47. The van der Waals surface area contributed by atoms with E-state index in [0.717, 1.165) is 18.5 Å². The van der Waals surface area contributed by atoms with E-state index >= 15 is 0 Å². The molecule has 0 aliphatic carbocycles. The van der Waals surface area contributed by atoms with Gasteiger partial charge in [0.1, 0.15) is 6.04 Å². The van der Waals surface area contributed by atoms with Crippen LogP contribution in [0.5, 0.6) is 5.88 Å². The summed E-state index contributed by atoms with van der Waals surface area (Å²) in [5.41, 5.74) is 1.64. The van der Waals surface area contributed by atoms with Gasteiger partial charge in [0, 0.05) is 16.8 Å². The van der Waals surface area contributed by atoms with Gasteiger partial charge in [0.2, 0.25) is 5.88 Å². The molecule has 0 unspecified atom stereocenters. The van der Waals surface area contributed by atoms with Gasteiger partial charge in [0.05, 0.1) is 6.42 Å². The van der Waals surface area contributed by atoms with E-state index in [1.54, 1.807) is 24.3 Å². The first-order valence-corrected chi connectivity index (χ1v) is 8.33. The number of pyridine rings is 1. The summed E-state index contributed by atoms with van der Waals surface area (Å²) >= 11 is 6.01. The monoisotopic (exact) mass is 360 g/mol. The van der Waals surface area contributed by atoms with Gasteiger partial charge in [-0.15, -0.1) is 0 Å². The largest absolute Gasteiger partial charge is 0.493 e. The van der Waals surface area contributed by atoms with Gasteiger partial charge < -0.3 is 15.2 Å². The maximum absolute atomic E-state index is 12.1. The minimum atomic E-state index is -0.731. The van der Waals surface area contributed by atoms with Gasteiger partial charge in [-0.2, -0.15) is 0 Å². The summed E-state index contributed by atoms with van der Waals surface area (Å²) in [6.45, 7) is 0.732. The number of rotatable bonds is 4. The second-order valence-electron chi connectivity index (χ2n) is 5.79. The Bertz CT molecular complexity index is 803. The Morgan fingerprint density at radius 2 is 2.20 bits per heavy atom. The van der Waals surface area contributed by atoms with Gasteiger partial charge in [0.25, 0.3) is 0 Å². The molecule has 2 N–H and O–H groups in total. The maximum Gasteiger partial charge on any atom is 0.330 e. The van der Waals surface area contributed by atoms with Gasteiger partial charge in [-0.05, 0) is 48.7 Å². The quantitative estimate of drug-likeness (QED) is 0.643. The number of hydrogen-bond donors (Lipinski definition) is 2. The number of esters is 2. The van der Waals surface area contributed by atoms with E-state index in [2.05, 4.69) is 10.3 Å². The molecule has 0 amide bonds. The van der Waals surface area contributed by atoms with E-state index in [4.69, 9.17) is 16.3 Å². The lowest BCUT2D eigenvalue weighted by Gasteiger charge is -2.12. The van der Waals surface area contributed by atoms with Crippen LogP contribution in [-0.4, -0.2) is 34.6 Å². The van der Waals surface area contributed by atoms with Gasteiger partial charge in [-0.25, -0.2) is 9.78 Å². The summed E-state index contributed by atoms with van der Waals surface area (Å²) in [6, 6.07) is 8.26. The zero-order chi connectivity index (χ0) is 17.8. The molecule has 3 rings (SSSR count). The summed E-state index contributed by atoms with van der Waals surface area (Å²) in [4.78, 5) is 27.9. The third-order valence-corrected chi connectivity index (χ3v) is 4.28. The Labute approximate surface area is 149 Å². The summed E-state index contributed by atoms with van der Waals surface area (Å²) in [6.07, 6.45) is 2.70. The molecule has 1 atom stereocenters. The minimum absolute atomic E-state index is 0.264. The molecule has 7 heteroatoms. The number of nitrogens with one attached hydrogen (secondary N) is 1. The van der Waals surface area contributed by atoms with Crippen LogP contribution in [0.3, 0.4) is 0 Å². The predicted molar refractivity (Wildman–Crippen MR) is 92.2 cm³/mol. The molecule has 0 spiro atoms. The molecular formula is C18H17ClN2O4. The fraction of sp³-hybridized carbons (Fsp3) is 0.278. The Balaban J connectivity index is 1.80. The Morgan fingerprint density at radius 3 is 2.92 bits per heavy atom. The average Bonchev–Trinajstić information content (AvgIpc) is 3.11. The third kappa shape index (κ3) is 4.15. The molecule has 1 aromatic heterocycles. The maximum atomic E-state index is 12.1. The van der Waals surface area contributed by atoms with Crippen molar-refractivity contribution in [2.45, 2.75) is 25.3 Å². The van der Waals surface area contributed by atoms with Crippen LogP contribution >= 0.6 is 11.6 Å². The van der Waals surface area contributed by atoms with Crippen molar-refractivity contribution in [3.05, 3.63) is 47.1 Å². The van der Waals surface area contributed by atoms with Crippen molar-refractivity contribution in [3.63, 3.8) is 0 Å². The highest BCUT2D eigenvalue weighted by atomic mass is 35.5. The molecule has 0 radical (unpaired) electrons. The Hall–Kier alpha value is -2.44. The molecule has 2 heterocycles. The number of aromatic nitrogens is 1. The van der Waals surface area contributed by atoms with Crippen molar-refractivity contribution in [1.82, 2.24) is 10.3 Å². The number of hydrogen-bond acceptors (Lipinski definition) is 6. The topological polar surface area (TPSA) is 88.5 Å². The summed E-state index contributed by atoms with van der Waals surface area (Å²) in [5.74, 6) is -1.60. The average molecular weight is 361 g/mol. The molecule has 0 saturated carbocycles. The highest BCUT2D eigenvalue weighted by Gasteiger charge is 2.26. The molecule has 1 aliphatic rings. The number of carbonyl (C=O) groups excluding carboxylic acids is 2. The molecule has 1 saturated heterocycles. The van der Waals surface area contributed by atoms with Gasteiger partial charge in [-0.3, -0.25) is 4.79 Å². The first kappa shape index (κ1) is 17.4. The standard InChI is InChI=1S/C18H17ClN2O4/c19-12-4-1-3-11(9-12)13-6-8-21-17(23)14(13)10-16(22)25-18(24)15-5-2-7-20-15/h1,3-4,6,8-9,15,20H,2,5,7,10H2,(H,21,23)/t15-/m0/s1. The van der Waals surface area contributed by atoms with Crippen molar-refractivity contribution in [1.29, 1.82) is 0 Å². The van der Waals surface area contributed by atoms with E-state index in [1.807, 2.05) is 6.07 Å². The lowest BCUT2D eigenvalue weighted by atomic mass is 9.99. The lowest BCUT2D eigenvalue weighted by Crippen LogP contribution is -2.34. The molecule has 1 aliphatic heterocycles. The zero-order valence-electron chi connectivity index (χ0n) is 13.4. The van der Waals surface area contributed by atoms with E-state index in [-0.39, 0.29) is 12.3 Å². The fourth-order valence-electron chi connectivity index (χ4n) is 2.83. The van der Waals surface area contributed by atoms with Crippen molar-refractivity contribution in [2.24, 2.45) is 0 Å². The minimum Gasteiger partial charge on any atom is -0.493 e. The van der Waals surface area contributed by atoms with E-state index < -0.39 is 18.0 Å². The molecule has 0 bridgehead atoms. The highest BCUT2D eigenvalue weighted by molar-refractivity contribution is 6.30. The molecule has 6 nitrogen and oxygen atoms in total. The van der Waals surface area contributed by atoms with Crippen LogP contribution in [0, 0.1) is 0 Å².